The summed E-state index contributed by atoms with van der Waals surface area (Å²) in [6, 6.07) is 7.81. The molecule has 0 aliphatic heterocycles. The minimum Gasteiger partial charge on any atom is -0.491 e. The van der Waals surface area contributed by atoms with Gasteiger partial charge in [0, 0.05) is 7.11 Å². The Morgan fingerprint density at radius 3 is 2.93 bits per heavy atom. The molecule has 1 unspecified atom stereocenters. The van der Waals surface area contributed by atoms with Crippen LogP contribution in [0.25, 0.3) is 6.08 Å². The summed E-state index contributed by atoms with van der Waals surface area (Å²) in [4.78, 5) is 0. The lowest BCUT2D eigenvalue weighted by atomic mass is 10.2. The van der Waals surface area contributed by atoms with Crippen LogP contribution in [0.3, 0.4) is 0 Å². The van der Waals surface area contributed by atoms with Crippen molar-refractivity contribution in [1.29, 1.82) is 0 Å². The molecule has 2 heteroatoms. The summed E-state index contributed by atoms with van der Waals surface area (Å²) in [5.41, 5.74) is 1.06. The van der Waals surface area contributed by atoms with Crippen molar-refractivity contribution in [3.8, 4) is 5.75 Å². The molecule has 0 radical (unpaired) electrons. The average Bonchev–Trinajstić information content (AvgIpc) is 2.26. The highest BCUT2D eigenvalue weighted by molar-refractivity contribution is 5.49. The molecule has 0 aliphatic carbocycles. The minimum absolute atomic E-state index is 0.113. The number of hydrogen-bond acceptors (Lipinski definition) is 2. The first-order valence-corrected chi connectivity index (χ1v) is 4.64. The van der Waals surface area contributed by atoms with Gasteiger partial charge in [0.15, 0.2) is 0 Å². The zero-order valence-electron chi connectivity index (χ0n) is 8.69. The molecule has 1 aromatic carbocycles. The molecule has 0 saturated heterocycles. The Kier molecular flexibility index (Phi) is 4.20. The number of benzene rings is 1. The molecule has 0 spiro atoms. The first-order chi connectivity index (χ1) is 6.76. The van der Waals surface area contributed by atoms with Gasteiger partial charge in [-0.1, -0.05) is 24.8 Å². The topological polar surface area (TPSA) is 18.5 Å². The summed E-state index contributed by atoms with van der Waals surface area (Å²) >= 11 is 0. The summed E-state index contributed by atoms with van der Waals surface area (Å²) in [5.74, 6) is 0.853. The summed E-state index contributed by atoms with van der Waals surface area (Å²) in [6.45, 7) is 6.24. The molecule has 0 aromatic heterocycles. The molecular formula is C12H16O2. The first kappa shape index (κ1) is 10.8. The van der Waals surface area contributed by atoms with E-state index in [1.54, 1.807) is 13.2 Å². The Hall–Kier alpha value is -1.28. The monoisotopic (exact) mass is 192 g/mol. The molecule has 2 nitrogen and oxygen atoms in total. The van der Waals surface area contributed by atoms with Gasteiger partial charge in [-0.05, 0) is 24.6 Å². The maximum atomic E-state index is 5.53. The Labute approximate surface area is 85.2 Å². The summed E-state index contributed by atoms with van der Waals surface area (Å²) < 4.78 is 10.6. The lowest BCUT2D eigenvalue weighted by molar-refractivity contribution is 0.0716. The van der Waals surface area contributed by atoms with Crippen LogP contribution in [0.4, 0.5) is 0 Å². The van der Waals surface area contributed by atoms with Gasteiger partial charge in [-0.2, -0.15) is 0 Å². The standard InChI is InChI=1S/C12H16O2/c1-4-11-6-5-7-12(8-11)14-9-10(2)13-3/h4-8,10H,1,9H2,2-3H3. The van der Waals surface area contributed by atoms with Crippen LogP contribution >= 0.6 is 0 Å². The second-order valence-corrected chi connectivity index (χ2v) is 3.13. The molecule has 76 valence electrons. The first-order valence-electron chi connectivity index (χ1n) is 4.64. The SMILES string of the molecule is C=Cc1cccc(OCC(C)OC)c1. The molecule has 0 fully saturated rings. The molecule has 1 aromatic rings. The van der Waals surface area contributed by atoms with Crippen LogP contribution in [0.5, 0.6) is 5.75 Å². The van der Waals surface area contributed by atoms with E-state index in [-0.39, 0.29) is 6.10 Å². The van der Waals surface area contributed by atoms with E-state index in [1.165, 1.54) is 0 Å². The van der Waals surface area contributed by atoms with E-state index in [2.05, 4.69) is 6.58 Å². The van der Waals surface area contributed by atoms with Crippen molar-refractivity contribution in [2.24, 2.45) is 0 Å². The van der Waals surface area contributed by atoms with Gasteiger partial charge in [-0.15, -0.1) is 0 Å². The molecular weight excluding hydrogens is 176 g/mol. The van der Waals surface area contributed by atoms with Gasteiger partial charge >= 0.3 is 0 Å². The fourth-order valence-electron chi connectivity index (χ4n) is 1.01. The van der Waals surface area contributed by atoms with E-state index in [0.717, 1.165) is 11.3 Å². The van der Waals surface area contributed by atoms with Crippen molar-refractivity contribution in [2.75, 3.05) is 13.7 Å². The fourth-order valence-corrected chi connectivity index (χ4v) is 1.01. The van der Waals surface area contributed by atoms with E-state index in [1.807, 2.05) is 31.2 Å². The number of methoxy groups -OCH3 is 1. The molecule has 0 N–H and O–H groups in total. The van der Waals surface area contributed by atoms with Crippen molar-refractivity contribution in [3.63, 3.8) is 0 Å². The lowest BCUT2D eigenvalue weighted by Gasteiger charge is -2.11. The van der Waals surface area contributed by atoms with Crippen LogP contribution < -0.4 is 4.74 Å². The third kappa shape index (κ3) is 3.23. The highest BCUT2D eigenvalue weighted by atomic mass is 16.5. The molecule has 0 saturated carbocycles. The van der Waals surface area contributed by atoms with Gasteiger partial charge in [0.25, 0.3) is 0 Å². The second-order valence-electron chi connectivity index (χ2n) is 3.13. The Morgan fingerprint density at radius 1 is 1.50 bits per heavy atom. The van der Waals surface area contributed by atoms with Gasteiger partial charge in [0.2, 0.25) is 0 Å². The van der Waals surface area contributed by atoms with E-state index in [0.29, 0.717) is 6.61 Å². The van der Waals surface area contributed by atoms with Gasteiger partial charge < -0.3 is 9.47 Å². The highest BCUT2D eigenvalue weighted by Crippen LogP contribution is 2.14. The van der Waals surface area contributed by atoms with Crippen LogP contribution in [0, 0.1) is 0 Å². The Balaban J connectivity index is 2.54. The molecule has 0 amide bonds. The predicted molar refractivity (Wildman–Crippen MR) is 58.5 cm³/mol. The van der Waals surface area contributed by atoms with E-state index < -0.39 is 0 Å². The van der Waals surface area contributed by atoms with Gasteiger partial charge in [0.05, 0.1) is 6.10 Å². The van der Waals surface area contributed by atoms with Gasteiger partial charge in [-0.25, -0.2) is 0 Å². The van der Waals surface area contributed by atoms with Crippen molar-refractivity contribution in [3.05, 3.63) is 36.4 Å². The number of rotatable bonds is 5. The molecule has 1 atom stereocenters. The smallest absolute Gasteiger partial charge is 0.120 e. The van der Waals surface area contributed by atoms with Crippen molar-refractivity contribution in [2.45, 2.75) is 13.0 Å². The van der Waals surface area contributed by atoms with E-state index >= 15 is 0 Å². The number of hydrogen-bond donors (Lipinski definition) is 0. The average molecular weight is 192 g/mol. The molecule has 0 bridgehead atoms. The van der Waals surface area contributed by atoms with Crippen LogP contribution in [-0.2, 0) is 4.74 Å². The minimum atomic E-state index is 0.113. The quantitative estimate of drug-likeness (QED) is 0.714. The van der Waals surface area contributed by atoms with E-state index in [4.69, 9.17) is 9.47 Å². The van der Waals surface area contributed by atoms with Crippen LogP contribution in [0.2, 0.25) is 0 Å². The zero-order chi connectivity index (χ0) is 10.4. The number of ether oxygens (including phenoxy) is 2. The maximum Gasteiger partial charge on any atom is 0.120 e. The summed E-state index contributed by atoms with van der Waals surface area (Å²) in [5, 5.41) is 0. The van der Waals surface area contributed by atoms with Crippen molar-refractivity contribution in [1.82, 2.24) is 0 Å². The summed E-state index contributed by atoms with van der Waals surface area (Å²) in [6.07, 6.45) is 1.91. The highest BCUT2D eigenvalue weighted by Gasteiger charge is 2.00. The zero-order valence-corrected chi connectivity index (χ0v) is 8.69. The van der Waals surface area contributed by atoms with Gasteiger partial charge in [-0.3, -0.25) is 0 Å². The van der Waals surface area contributed by atoms with E-state index in [9.17, 15) is 0 Å². The normalized spacial score (nSPS) is 12.1. The van der Waals surface area contributed by atoms with Crippen molar-refractivity contribution >= 4 is 6.08 Å². The van der Waals surface area contributed by atoms with Crippen molar-refractivity contribution < 1.29 is 9.47 Å². The third-order valence-corrected chi connectivity index (χ3v) is 1.98. The van der Waals surface area contributed by atoms with Crippen LogP contribution in [0.1, 0.15) is 12.5 Å². The van der Waals surface area contributed by atoms with Gasteiger partial charge in [0.1, 0.15) is 12.4 Å². The molecule has 0 heterocycles. The fraction of sp³-hybridized carbons (Fsp3) is 0.333. The second kappa shape index (κ2) is 5.45. The Bertz CT molecular complexity index is 294. The largest absolute Gasteiger partial charge is 0.491 e. The predicted octanol–water partition coefficient (Wildman–Crippen LogP) is 2.74. The maximum absolute atomic E-state index is 5.53. The van der Waals surface area contributed by atoms with Crippen LogP contribution in [-0.4, -0.2) is 19.8 Å². The van der Waals surface area contributed by atoms with Crippen LogP contribution in [0.15, 0.2) is 30.8 Å². The summed E-state index contributed by atoms with van der Waals surface area (Å²) in [7, 11) is 1.67. The molecule has 14 heavy (non-hydrogen) atoms. The molecule has 1 rings (SSSR count). The lowest BCUT2D eigenvalue weighted by Crippen LogP contribution is -2.15. The molecule has 0 aliphatic rings. The Morgan fingerprint density at radius 2 is 2.29 bits per heavy atom. The third-order valence-electron chi connectivity index (χ3n) is 1.98.